The van der Waals surface area contributed by atoms with Crippen LogP contribution in [-0.2, 0) is 16.7 Å². The largest absolute Gasteiger partial charge is 0.497 e. The molecule has 34 heavy (non-hydrogen) atoms. The zero-order valence-electron chi connectivity index (χ0n) is 20.0. The molecule has 0 spiro atoms. The maximum atomic E-state index is 11.0. The Morgan fingerprint density at radius 3 is 2.38 bits per heavy atom. The molecule has 2 aromatic carbocycles. The summed E-state index contributed by atoms with van der Waals surface area (Å²) in [6.07, 6.45) is 0.662. The van der Waals surface area contributed by atoms with E-state index in [2.05, 4.69) is 30.8 Å². The Kier molecular flexibility index (Phi) is 8.19. The van der Waals surface area contributed by atoms with Gasteiger partial charge in [0.15, 0.2) is 0 Å². The number of ether oxygens (including phenoxy) is 2. The van der Waals surface area contributed by atoms with Gasteiger partial charge in [-0.3, -0.25) is 9.27 Å². The second-order valence-corrected chi connectivity index (χ2v) is 11.2. The van der Waals surface area contributed by atoms with E-state index in [4.69, 9.17) is 19.0 Å². The van der Waals surface area contributed by atoms with Gasteiger partial charge in [-0.25, -0.2) is 4.98 Å². The molecule has 1 aromatic heterocycles. The van der Waals surface area contributed by atoms with Crippen LogP contribution in [0, 0.1) is 5.41 Å². The molecule has 3 aromatic rings. The van der Waals surface area contributed by atoms with E-state index in [9.17, 15) is 8.42 Å². The lowest BCUT2D eigenvalue weighted by Gasteiger charge is -2.24. The summed E-state index contributed by atoms with van der Waals surface area (Å²) in [6, 6.07) is 12.5. The van der Waals surface area contributed by atoms with Gasteiger partial charge in [0.1, 0.15) is 16.5 Å². The van der Waals surface area contributed by atoms with E-state index in [0.29, 0.717) is 23.6 Å². The van der Waals surface area contributed by atoms with Crippen LogP contribution in [0.4, 0.5) is 5.69 Å². The molecule has 0 unspecified atom stereocenters. The third-order valence-electron chi connectivity index (χ3n) is 5.02. The normalized spacial score (nSPS) is 12.9. The standard InChI is InChI=1S/C24H31N3O5S2/c1-24(2,3)15-25-20(12-16-6-8-17(9-7-16)27-34(28,29)30)23-26-21(14-33-23)19-11-10-18(31-4)13-22(19)32-5/h6-11,13-14,20,25,27H,12,15H2,1-5H3,(H,28,29,30)/t20-/m0/s1. The number of hydrogen-bond donors (Lipinski definition) is 3. The number of methoxy groups -OCH3 is 2. The van der Waals surface area contributed by atoms with Crippen LogP contribution in [-0.4, -0.2) is 38.7 Å². The van der Waals surface area contributed by atoms with Crippen molar-refractivity contribution in [2.45, 2.75) is 33.2 Å². The highest BCUT2D eigenvalue weighted by molar-refractivity contribution is 7.87. The molecular weight excluding hydrogens is 474 g/mol. The van der Waals surface area contributed by atoms with E-state index in [1.54, 1.807) is 37.7 Å². The number of hydrogen-bond acceptors (Lipinski definition) is 7. The van der Waals surface area contributed by atoms with Crippen LogP contribution in [0.5, 0.6) is 11.5 Å². The fourth-order valence-electron chi connectivity index (χ4n) is 3.35. The lowest BCUT2D eigenvalue weighted by Crippen LogP contribution is -2.31. The van der Waals surface area contributed by atoms with Crippen molar-refractivity contribution in [3.63, 3.8) is 0 Å². The predicted octanol–water partition coefficient (Wildman–Crippen LogP) is 4.96. The first kappa shape index (κ1) is 26.0. The van der Waals surface area contributed by atoms with Crippen LogP contribution in [0.3, 0.4) is 0 Å². The Hall–Kier alpha value is -2.66. The lowest BCUT2D eigenvalue weighted by atomic mass is 9.96. The average molecular weight is 506 g/mol. The highest BCUT2D eigenvalue weighted by Crippen LogP contribution is 2.35. The van der Waals surface area contributed by atoms with E-state index in [1.165, 1.54) is 0 Å². The molecule has 0 saturated heterocycles. The van der Waals surface area contributed by atoms with Gasteiger partial charge in [0.2, 0.25) is 0 Å². The molecule has 1 atom stereocenters. The summed E-state index contributed by atoms with van der Waals surface area (Å²) in [5, 5.41) is 6.59. The van der Waals surface area contributed by atoms with Gasteiger partial charge in [0.25, 0.3) is 0 Å². The Morgan fingerprint density at radius 1 is 1.09 bits per heavy atom. The molecule has 0 aliphatic heterocycles. The zero-order chi connectivity index (χ0) is 24.9. The molecule has 0 radical (unpaired) electrons. The van der Waals surface area contributed by atoms with Crippen LogP contribution >= 0.6 is 11.3 Å². The SMILES string of the molecule is COc1ccc(-c2csc([C@H](Cc3ccc(NS(=O)(=O)O)cc3)NCC(C)(C)C)n2)c(OC)c1. The summed E-state index contributed by atoms with van der Waals surface area (Å²) in [5.41, 5.74) is 3.11. The van der Waals surface area contributed by atoms with E-state index in [0.717, 1.165) is 28.4 Å². The van der Waals surface area contributed by atoms with Crippen LogP contribution in [0.15, 0.2) is 47.8 Å². The Balaban J connectivity index is 1.86. The topological polar surface area (TPSA) is 110 Å². The van der Waals surface area contributed by atoms with Gasteiger partial charge in [-0.1, -0.05) is 32.9 Å². The maximum absolute atomic E-state index is 11.0. The van der Waals surface area contributed by atoms with Crippen molar-refractivity contribution in [2.75, 3.05) is 25.5 Å². The van der Waals surface area contributed by atoms with Crippen LogP contribution in [0.25, 0.3) is 11.3 Å². The molecule has 0 aliphatic carbocycles. The predicted molar refractivity (Wildman–Crippen MR) is 136 cm³/mol. The van der Waals surface area contributed by atoms with Gasteiger partial charge in [0.05, 0.1) is 31.6 Å². The van der Waals surface area contributed by atoms with Crippen LogP contribution in [0.2, 0.25) is 0 Å². The highest BCUT2D eigenvalue weighted by Gasteiger charge is 2.21. The summed E-state index contributed by atoms with van der Waals surface area (Å²) < 4.78 is 44.0. The quantitative estimate of drug-likeness (QED) is 0.334. The molecular formula is C24H31N3O5S2. The van der Waals surface area contributed by atoms with Crippen molar-refractivity contribution in [1.82, 2.24) is 10.3 Å². The summed E-state index contributed by atoms with van der Waals surface area (Å²) in [5.74, 6) is 1.41. The number of aromatic nitrogens is 1. The second-order valence-electron chi connectivity index (χ2n) is 9.11. The van der Waals surface area contributed by atoms with Crippen LogP contribution in [0.1, 0.15) is 37.4 Å². The molecule has 3 N–H and O–H groups in total. The number of anilines is 1. The second kappa shape index (κ2) is 10.7. The van der Waals surface area contributed by atoms with E-state index in [1.807, 2.05) is 35.7 Å². The lowest BCUT2D eigenvalue weighted by molar-refractivity contribution is 0.351. The number of thiazole rings is 1. The summed E-state index contributed by atoms with van der Waals surface area (Å²) in [6.45, 7) is 7.30. The van der Waals surface area contributed by atoms with E-state index < -0.39 is 10.3 Å². The third kappa shape index (κ3) is 7.42. The molecule has 0 aliphatic rings. The van der Waals surface area contributed by atoms with Crippen molar-refractivity contribution in [3.05, 3.63) is 58.4 Å². The van der Waals surface area contributed by atoms with Gasteiger partial charge in [-0.05, 0) is 41.7 Å². The number of nitrogens with zero attached hydrogens (tertiary/aromatic N) is 1. The highest BCUT2D eigenvalue weighted by atomic mass is 32.2. The van der Waals surface area contributed by atoms with Gasteiger partial charge >= 0.3 is 10.3 Å². The number of rotatable bonds is 10. The van der Waals surface area contributed by atoms with Crippen molar-refractivity contribution >= 4 is 27.3 Å². The zero-order valence-corrected chi connectivity index (χ0v) is 21.6. The molecule has 0 saturated carbocycles. The Morgan fingerprint density at radius 2 is 1.79 bits per heavy atom. The summed E-state index contributed by atoms with van der Waals surface area (Å²) in [4.78, 5) is 4.92. The molecule has 0 fully saturated rings. The fraction of sp³-hybridized carbons (Fsp3) is 0.375. The monoisotopic (exact) mass is 505 g/mol. The summed E-state index contributed by atoms with van der Waals surface area (Å²) >= 11 is 1.58. The smallest absolute Gasteiger partial charge is 0.357 e. The molecule has 184 valence electrons. The van der Waals surface area contributed by atoms with E-state index in [-0.39, 0.29) is 11.5 Å². The Bertz CT molecular complexity index is 1200. The van der Waals surface area contributed by atoms with Gasteiger partial charge < -0.3 is 14.8 Å². The fourth-order valence-corrected chi connectivity index (χ4v) is 4.68. The van der Waals surface area contributed by atoms with Gasteiger partial charge in [-0.15, -0.1) is 11.3 Å². The van der Waals surface area contributed by atoms with Gasteiger partial charge in [0, 0.05) is 23.6 Å². The Labute approximate surface area is 205 Å². The minimum atomic E-state index is -4.30. The first-order chi connectivity index (χ1) is 16.0. The molecule has 3 rings (SSSR count). The molecule has 10 heteroatoms. The number of nitrogens with one attached hydrogen (secondary N) is 2. The van der Waals surface area contributed by atoms with Crippen molar-refractivity contribution in [1.29, 1.82) is 0 Å². The van der Waals surface area contributed by atoms with E-state index >= 15 is 0 Å². The number of benzene rings is 2. The molecule has 0 bridgehead atoms. The summed E-state index contributed by atoms with van der Waals surface area (Å²) in [7, 11) is -1.06. The molecule has 1 heterocycles. The average Bonchev–Trinajstić information content (AvgIpc) is 3.25. The first-order valence-corrected chi connectivity index (χ1v) is 13.0. The van der Waals surface area contributed by atoms with Gasteiger partial charge in [-0.2, -0.15) is 8.42 Å². The first-order valence-electron chi connectivity index (χ1n) is 10.7. The third-order valence-corrected chi connectivity index (χ3v) is 6.48. The van der Waals surface area contributed by atoms with Crippen molar-refractivity contribution in [3.8, 4) is 22.8 Å². The van der Waals surface area contributed by atoms with Crippen LogP contribution < -0.4 is 19.5 Å². The van der Waals surface area contributed by atoms with Crippen molar-refractivity contribution < 1.29 is 22.4 Å². The maximum Gasteiger partial charge on any atom is 0.357 e. The molecule has 8 nitrogen and oxygen atoms in total. The minimum absolute atomic E-state index is 0.0393. The minimum Gasteiger partial charge on any atom is -0.497 e. The molecule has 0 amide bonds. The van der Waals surface area contributed by atoms with Crippen molar-refractivity contribution in [2.24, 2.45) is 5.41 Å².